The van der Waals surface area contributed by atoms with Crippen molar-refractivity contribution >= 4 is 12.0 Å². The minimum Gasteiger partial charge on any atom is -0.370 e. The zero-order valence-electron chi connectivity index (χ0n) is 11.9. The van der Waals surface area contributed by atoms with E-state index in [-0.39, 0.29) is 0 Å². The number of benzene rings is 1. The second-order valence-corrected chi connectivity index (χ2v) is 4.62. The van der Waals surface area contributed by atoms with Crippen molar-refractivity contribution in [3.63, 3.8) is 0 Å². The highest BCUT2D eigenvalue weighted by molar-refractivity contribution is 5.63. The van der Waals surface area contributed by atoms with Crippen LogP contribution in [0.15, 0.2) is 36.9 Å². The van der Waals surface area contributed by atoms with Crippen molar-refractivity contribution in [3.8, 4) is 0 Å². The third kappa shape index (κ3) is 4.87. The lowest BCUT2D eigenvalue weighted by atomic mass is 10.1. The number of hydrogen-bond donors (Lipinski definition) is 1. The number of aldehydes is 1. The molecule has 3 heteroatoms. The van der Waals surface area contributed by atoms with Crippen LogP contribution >= 0.6 is 0 Å². The van der Waals surface area contributed by atoms with Gasteiger partial charge in [-0.05, 0) is 43.7 Å². The maximum absolute atomic E-state index is 9.06. The Hall–Kier alpha value is -1.61. The lowest BCUT2D eigenvalue weighted by Crippen LogP contribution is -2.29. The maximum Gasteiger partial charge on any atom is 0.142 e. The van der Waals surface area contributed by atoms with Crippen LogP contribution in [0.25, 0.3) is 0 Å². The first-order valence-electron chi connectivity index (χ1n) is 6.82. The smallest absolute Gasteiger partial charge is 0.142 e. The Morgan fingerprint density at radius 2 is 2.26 bits per heavy atom. The fourth-order valence-corrected chi connectivity index (χ4v) is 2.20. The quantitative estimate of drug-likeness (QED) is 0.666. The summed E-state index contributed by atoms with van der Waals surface area (Å²) in [7, 11) is 2.05. The van der Waals surface area contributed by atoms with Crippen LogP contribution < -0.4 is 10.2 Å². The minimum absolute atomic E-state index is 0.639. The molecule has 0 radical (unpaired) electrons. The predicted octanol–water partition coefficient (Wildman–Crippen LogP) is 2.42. The summed E-state index contributed by atoms with van der Waals surface area (Å²) in [5, 5.41) is 3.35. The van der Waals surface area contributed by atoms with E-state index in [4.69, 9.17) is 4.79 Å². The van der Waals surface area contributed by atoms with E-state index in [0.717, 1.165) is 13.0 Å². The number of hydrogen-bond acceptors (Lipinski definition) is 3. The van der Waals surface area contributed by atoms with Gasteiger partial charge < -0.3 is 10.2 Å². The summed E-state index contributed by atoms with van der Waals surface area (Å²) in [6.07, 6.45) is 4.21. The van der Waals surface area contributed by atoms with Crippen molar-refractivity contribution in [1.82, 2.24) is 5.32 Å². The van der Waals surface area contributed by atoms with Gasteiger partial charge in [0.05, 0.1) is 0 Å². The summed E-state index contributed by atoms with van der Waals surface area (Å²) in [6, 6.07) is 9.57. The normalized spacial score (nSPS) is 17.6. The van der Waals surface area contributed by atoms with E-state index in [9.17, 15) is 0 Å². The molecule has 1 atom stereocenters. The first kappa shape index (κ1) is 15.4. The summed E-state index contributed by atoms with van der Waals surface area (Å²) in [4.78, 5) is 11.5. The van der Waals surface area contributed by atoms with Gasteiger partial charge in [-0.25, -0.2) is 0 Å². The van der Waals surface area contributed by atoms with E-state index in [2.05, 4.69) is 55.0 Å². The molecular weight excluding hydrogens is 236 g/mol. The van der Waals surface area contributed by atoms with Crippen molar-refractivity contribution in [2.75, 3.05) is 25.0 Å². The van der Waals surface area contributed by atoms with Gasteiger partial charge in [-0.3, -0.25) is 4.79 Å². The van der Waals surface area contributed by atoms with Crippen LogP contribution in [0.1, 0.15) is 18.9 Å². The minimum atomic E-state index is 0.639. The number of nitrogens with one attached hydrogen (secondary N) is 1. The molecule has 104 valence electrons. The van der Waals surface area contributed by atoms with Gasteiger partial charge in [-0.15, -0.1) is 0 Å². The van der Waals surface area contributed by atoms with Gasteiger partial charge in [0.1, 0.15) is 6.29 Å². The van der Waals surface area contributed by atoms with Crippen LogP contribution in [0.2, 0.25) is 0 Å². The molecule has 0 aromatic heterocycles. The van der Waals surface area contributed by atoms with Crippen LogP contribution in [0.5, 0.6) is 0 Å². The molecule has 2 rings (SSSR count). The Labute approximate surface area is 116 Å². The standard InChI is InChI=1S/C13H20N2.C3H4O/c1-3-11-5-4-6-13(9-11)15-8-7-12(10-15)14-2;1-2-3-4/h4-6,9,12,14H,3,7-8,10H2,1-2H3;2-3H,1H2. The van der Waals surface area contributed by atoms with E-state index in [1.807, 2.05) is 0 Å². The number of carbonyl (C=O) groups is 1. The SMILES string of the molecule is C=CC=O.CCc1cccc(N2CCC(NC)C2)c1. The monoisotopic (exact) mass is 260 g/mol. The highest BCUT2D eigenvalue weighted by Crippen LogP contribution is 2.21. The van der Waals surface area contributed by atoms with Gasteiger partial charge in [0.15, 0.2) is 0 Å². The second-order valence-electron chi connectivity index (χ2n) is 4.62. The topological polar surface area (TPSA) is 32.3 Å². The lowest BCUT2D eigenvalue weighted by Gasteiger charge is -2.19. The molecule has 3 nitrogen and oxygen atoms in total. The lowest BCUT2D eigenvalue weighted by molar-refractivity contribution is -0.104. The summed E-state index contributed by atoms with van der Waals surface area (Å²) >= 11 is 0. The van der Waals surface area contributed by atoms with E-state index >= 15 is 0 Å². The van der Waals surface area contributed by atoms with E-state index in [1.165, 1.54) is 30.3 Å². The molecule has 0 aliphatic carbocycles. The average molecular weight is 260 g/mol. The van der Waals surface area contributed by atoms with E-state index < -0.39 is 0 Å². The van der Waals surface area contributed by atoms with Crippen molar-refractivity contribution < 1.29 is 4.79 Å². The zero-order chi connectivity index (χ0) is 14.1. The molecule has 1 aliphatic rings. The molecule has 1 fully saturated rings. The number of anilines is 1. The van der Waals surface area contributed by atoms with Crippen molar-refractivity contribution in [2.45, 2.75) is 25.8 Å². The highest BCUT2D eigenvalue weighted by Gasteiger charge is 2.20. The molecule has 0 amide bonds. The molecule has 1 N–H and O–H groups in total. The Kier molecular flexibility index (Phi) is 6.90. The summed E-state index contributed by atoms with van der Waals surface area (Å²) in [6.45, 7) is 7.64. The molecule has 1 aliphatic heterocycles. The molecule has 1 aromatic rings. The van der Waals surface area contributed by atoms with Gasteiger partial charge in [-0.1, -0.05) is 25.6 Å². The third-order valence-electron chi connectivity index (χ3n) is 3.38. The zero-order valence-corrected chi connectivity index (χ0v) is 11.9. The van der Waals surface area contributed by atoms with Crippen molar-refractivity contribution in [3.05, 3.63) is 42.5 Å². The first-order chi connectivity index (χ1) is 9.24. The Balaban J connectivity index is 0.000000399. The largest absolute Gasteiger partial charge is 0.370 e. The highest BCUT2D eigenvalue weighted by atomic mass is 16.1. The van der Waals surface area contributed by atoms with Gasteiger partial charge in [-0.2, -0.15) is 0 Å². The Morgan fingerprint density at radius 1 is 1.53 bits per heavy atom. The van der Waals surface area contributed by atoms with Crippen molar-refractivity contribution in [1.29, 1.82) is 0 Å². The Morgan fingerprint density at radius 3 is 2.79 bits per heavy atom. The fraction of sp³-hybridized carbons (Fsp3) is 0.438. The van der Waals surface area contributed by atoms with Crippen LogP contribution in [0.4, 0.5) is 5.69 Å². The van der Waals surface area contributed by atoms with Crippen LogP contribution in [-0.2, 0) is 11.2 Å². The molecule has 1 unspecified atom stereocenters. The Bertz CT molecular complexity index is 397. The number of nitrogens with zero attached hydrogens (tertiary/aromatic N) is 1. The second kappa shape index (κ2) is 8.48. The summed E-state index contributed by atoms with van der Waals surface area (Å²) < 4.78 is 0. The van der Waals surface area contributed by atoms with Crippen molar-refractivity contribution in [2.24, 2.45) is 0 Å². The molecule has 0 saturated carbocycles. The van der Waals surface area contributed by atoms with Crippen LogP contribution in [0, 0.1) is 0 Å². The number of likely N-dealkylation sites (N-methyl/N-ethyl adjacent to an activating group) is 1. The van der Waals surface area contributed by atoms with Gasteiger partial charge in [0.2, 0.25) is 0 Å². The first-order valence-corrected chi connectivity index (χ1v) is 6.82. The predicted molar refractivity (Wildman–Crippen MR) is 81.8 cm³/mol. The van der Waals surface area contributed by atoms with Gasteiger partial charge >= 0.3 is 0 Å². The maximum atomic E-state index is 9.06. The number of allylic oxidation sites excluding steroid dienone is 1. The molecule has 1 saturated heterocycles. The average Bonchev–Trinajstić information content (AvgIpc) is 2.96. The molecule has 0 bridgehead atoms. The summed E-state index contributed by atoms with van der Waals surface area (Å²) in [5.41, 5.74) is 2.81. The number of carbonyl (C=O) groups excluding carboxylic acids is 1. The van der Waals surface area contributed by atoms with Crippen LogP contribution in [0.3, 0.4) is 0 Å². The van der Waals surface area contributed by atoms with Gasteiger partial charge in [0.25, 0.3) is 0 Å². The number of rotatable bonds is 4. The number of aryl methyl sites for hydroxylation is 1. The molecular formula is C16H24N2O. The molecule has 19 heavy (non-hydrogen) atoms. The van der Waals surface area contributed by atoms with Gasteiger partial charge in [0, 0.05) is 24.8 Å². The van der Waals surface area contributed by atoms with E-state index in [0.29, 0.717) is 12.3 Å². The molecule has 0 spiro atoms. The third-order valence-corrected chi connectivity index (χ3v) is 3.38. The molecule has 1 heterocycles. The van der Waals surface area contributed by atoms with E-state index in [1.54, 1.807) is 0 Å². The summed E-state index contributed by atoms with van der Waals surface area (Å²) in [5.74, 6) is 0. The fourth-order valence-electron chi connectivity index (χ4n) is 2.20. The molecule has 1 aromatic carbocycles. The van der Waals surface area contributed by atoms with Crippen LogP contribution in [-0.4, -0.2) is 32.5 Å².